The minimum absolute atomic E-state index is 0.101. The summed E-state index contributed by atoms with van der Waals surface area (Å²) >= 11 is 0. The Labute approximate surface area is 183 Å². The van der Waals surface area contributed by atoms with Crippen LogP contribution in [0.15, 0.2) is 76.9 Å². The van der Waals surface area contributed by atoms with Crippen molar-refractivity contribution in [2.24, 2.45) is 0 Å². The predicted molar refractivity (Wildman–Crippen MR) is 120 cm³/mol. The molecule has 0 radical (unpaired) electrons. The summed E-state index contributed by atoms with van der Waals surface area (Å²) < 4.78 is 5.68. The summed E-state index contributed by atoms with van der Waals surface area (Å²) in [5.74, 6) is -0.951. The van der Waals surface area contributed by atoms with Gasteiger partial charge in [0, 0.05) is 35.3 Å². The number of nitriles is 1. The molecule has 3 N–H and O–H groups in total. The van der Waals surface area contributed by atoms with Crippen molar-refractivity contribution in [2.75, 3.05) is 6.54 Å². The third-order valence-electron chi connectivity index (χ3n) is 5.06. The van der Waals surface area contributed by atoms with Crippen LogP contribution in [0.1, 0.15) is 21.7 Å². The molecular formula is C25H19N3O4. The number of para-hydroxylation sites is 1. The fourth-order valence-corrected chi connectivity index (χ4v) is 3.49. The number of hydrogen-bond acceptors (Lipinski definition) is 4. The van der Waals surface area contributed by atoms with Crippen LogP contribution < -0.4 is 5.32 Å². The summed E-state index contributed by atoms with van der Waals surface area (Å²) in [6, 6.07) is 19.5. The number of hydrogen-bond donors (Lipinski definition) is 3. The summed E-state index contributed by atoms with van der Waals surface area (Å²) in [4.78, 5) is 27.1. The van der Waals surface area contributed by atoms with Crippen LogP contribution in [-0.2, 0) is 11.2 Å². The maximum absolute atomic E-state index is 12.5. The Morgan fingerprint density at radius 3 is 2.69 bits per heavy atom. The molecule has 158 valence electrons. The van der Waals surface area contributed by atoms with Gasteiger partial charge in [-0.3, -0.25) is 4.79 Å². The normalized spacial score (nSPS) is 11.3. The number of benzene rings is 2. The molecule has 2 aromatic heterocycles. The highest BCUT2D eigenvalue weighted by molar-refractivity contribution is 6.01. The molecule has 0 bridgehead atoms. The van der Waals surface area contributed by atoms with E-state index in [1.165, 1.54) is 12.1 Å². The first-order chi connectivity index (χ1) is 15.6. The summed E-state index contributed by atoms with van der Waals surface area (Å²) in [7, 11) is 0. The topological polar surface area (TPSA) is 119 Å². The van der Waals surface area contributed by atoms with Gasteiger partial charge in [0.1, 0.15) is 23.2 Å². The fourth-order valence-electron chi connectivity index (χ4n) is 3.49. The third kappa shape index (κ3) is 4.30. The van der Waals surface area contributed by atoms with Crippen LogP contribution in [0.3, 0.4) is 0 Å². The molecule has 1 amide bonds. The van der Waals surface area contributed by atoms with Crippen LogP contribution in [-0.4, -0.2) is 28.5 Å². The smallest absolute Gasteiger partial charge is 0.336 e. The van der Waals surface area contributed by atoms with Gasteiger partial charge in [-0.2, -0.15) is 5.26 Å². The molecule has 0 unspecified atom stereocenters. The molecule has 0 atom stereocenters. The number of carbonyl (C=O) groups is 2. The van der Waals surface area contributed by atoms with E-state index >= 15 is 0 Å². The van der Waals surface area contributed by atoms with Gasteiger partial charge >= 0.3 is 5.97 Å². The average Bonchev–Trinajstić information content (AvgIpc) is 3.44. The van der Waals surface area contributed by atoms with Crippen molar-refractivity contribution in [2.45, 2.75) is 6.42 Å². The highest BCUT2D eigenvalue weighted by Gasteiger charge is 2.15. The zero-order chi connectivity index (χ0) is 22.5. The highest BCUT2D eigenvalue weighted by atomic mass is 16.4. The van der Waals surface area contributed by atoms with E-state index in [1.54, 1.807) is 30.3 Å². The van der Waals surface area contributed by atoms with Crippen molar-refractivity contribution in [1.29, 1.82) is 5.26 Å². The van der Waals surface area contributed by atoms with Crippen LogP contribution >= 0.6 is 0 Å². The maximum Gasteiger partial charge on any atom is 0.336 e. The van der Waals surface area contributed by atoms with Crippen molar-refractivity contribution in [3.63, 3.8) is 0 Å². The maximum atomic E-state index is 12.5. The SMILES string of the molecule is N#C/C(=C/c1ccc(-c2ccccc2C(=O)O)o1)C(=O)NCCc1c[nH]c2ccccc12. The minimum Gasteiger partial charge on any atom is -0.478 e. The van der Waals surface area contributed by atoms with Crippen LogP contribution in [0.4, 0.5) is 0 Å². The number of aromatic carboxylic acids is 1. The van der Waals surface area contributed by atoms with Gasteiger partial charge < -0.3 is 19.8 Å². The van der Waals surface area contributed by atoms with E-state index in [4.69, 9.17) is 4.42 Å². The Hall–Kier alpha value is -4.57. The fraction of sp³-hybridized carbons (Fsp3) is 0.0800. The van der Waals surface area contributed by atoms with Crippen molar-refractivity contribution in [3.05, 3.63) is 89.3 Å². The molecule has 7 nitrogen and oxygen atoms in total. The second-order valence-electron chi connectivity index (χ2n) is 7.09. The van der Waals surface area contributed by atoms with E-state index in [0.29, 0.717) is 24.3 Å². The lowest BCUT2D eigenvalue weighted by Gasteiger charge is -2.04. The number of aromatic amines is 1. The number of rotatable bonds is 7. The number of furan rings is 1. The first kappa shape index (κ1) is 20.7. The molecule has 4 rings (SSSR count). The van der Waals surface area contributed by atoms with Gasteiger partial charge in [-0.1, -0.05) is 36.4 Å². The Bertz CT molecular complexity index is 1370. The van der Waals surface area contributed by atoms with Crippen LogP contribution in [0, 0.1) is 11.3 Å². The number of amides is 1. The third-order valence-corrected chi connectivity index (χ3v) is 5.06. The number of carbonyl (C=O) groups excluding carboxylic acids is 1. The monoisotopic (exact) mass is 425 g/mol. The van der Waals surface area contributed by atoms with E-state index in [-0.39, 0.29) is 16.9 Å². The first-order valence-corrected chi connectivity index (χ1v) is 9.94. The zero-order valence-electron chi connectivity index (χ0n) is 17.0. The zero-order valence-corrected chi connectivity index (χ0v) is 17.0. The Morgan fingerprint density at radius 1 is 1.09 bits per heavy atom. The second-order valence-corrected chi connectivity index (χ2v) is 7.09. The van der Waals surface area contributed by atoms with E-state index in [1.807, 2.05) is 36.5 Å². The Morgan fingerprint density at radius 2 is 1.88 bits per heavy atom. The quantitative estimate of drug-likeness (QED) is 0.300. The molecule has 0 fully saturated rings. The van der Waals surface area contributed by atoms with Crippen LogP contribution in [0.2, 0.25) is 0 Å². The number of fused-ring (bicyclic) bond motifs is 1. The number of nitrogens with zero attached hydrogens (tertiary/aromatic N) is 1. The molecule has 2 aromatic carbocycles. The first-order valence-electron chi connectivity index (χ1n) is 9.94. The summed E-state index contributed by atoms with van der Waals surface area (Å²) in [5, 5.41) is 22.6. The number of carboxylic acids is 1. The molecule has 4 aromatic rings. The van der Waals surface area contributed by atoms with Crippen LogP contribution in [0.25, 0.3) is 28.3 Å². The number of aromatic nitrogens is 1. The van der Waals surface area contributed by atoms with Crippen molar-refractivity contribution < 1.29 is 19.1 Å². The van der Waals surface area contributed by atoms with E-state index < -0.39 is 11.9 Å². The summed E-state index contributed by atoms with van der Waals surface area (Å²) in [6.07, 6.45) is 3.87. The molecule has 0 saturated carbocycles. The summed E-state index contributed by atoms with van der Waals surface area (Å²) in [6.45, 7) is 0.370. The van der Waals surface area contributed by atoms with Gasteiger partial charge in [0.05, 0.1) is 5.56 Å². The molecular weight excluding hydrogens is 406 g/mol. The van der Waals surface area contributed by atoms with Gasteiger partial charge in [-0.05, 0) is 36.2 Å². The molecule has 0 saturated heterocycles. The minimum atomic E-state index is -1.07. The Kier molecular flexibility index (Phi) is 5.86. The lowest BCUT2D eigenvalue weighted by molar-refractivity contribution is -0.117. The molecule has 0 aliphatic heterocycles. The van der Waals surface area contributed by atoms with Crippen molar-refractivity contribution in [1.82, 2.24) is 10.3 Å². The molecule has 2 heterocycles. The molecule has 0 spiro atoms. The standard InChI is InChI=1S/C25H19N3O4/c26-14-17(24(29)27-12-11-16-15-28-22-8-4-3-5-19(16)22)13-18-9-10-23(32-18)20-6-1-2-7-21(20)25(30)31/h1-10,13,15,28H,11-12H2,(H,27,29)(H,30,31)/b17-13-. The van der Waals surface area contributed by atoms with Crippen molar-refractivity contribution in [3.8, 4) is 17.4 Å². The van der Waals surface area contributed by atoms with E-state index in [0.717, 1.165) is 16.5 Å². The number of H-pyrrole nitrogens is 1. The number of carboxylic acid groups (broad SMARTS) is 1. The Balaban J connectivity index is 1.45. The second kappa shape index (κ2) is 9.06. The highest BCUT2D eigenvalue weighted by Crippen LogP contribution is 2.27. The van der Waals surface area contributed by atoms with Gasteiger partial charge in [-0.25, -0.2) is 4.79 Å². The van der Waals surface area contributed by atoms with Crippen molar-refractivity contribution >= 4 is 28.9 Å². The van der Waals surface area contributed by atoms with Gasteiger partial charge in [-0.15, -0.1) is 0 Å². The lowest BCUT2D eigenvalue weighted by Crippen LogP contribution is -2.26. The van der Waals surface area contributed by atoms with Gasteiger partial charge in [0.15, 0.2) is 0 Å². The number of nitrogens with one attached hydrogen (secondary N) is 2. The largest absolute Gasteiger partial charge is 0.478 e. The average molecular weight is 425 g/mol. The summed E-state index contributed by atoms with van der Waals surface area (Å²) in [5.41, 5.74) is 2.53. The molecule has 7 heteroatoms. The predicted octanol–water partition coefficient (Wildman–Crippen LogP) is 4.39. The molecule has 32 heavy (non-hydrogen) atoms. The van der Waals surface area contributed by atoms with Crippen LogP contribution in [0.5, 0.6) is 0 Å². The van der Waals surface area contributed by atoms with E-state index in [2.05, 4.69) is 10.3 Å². The molecule has 0 aliphatic rings. The molecule has 0 aliphatic carbocycles. The van der Waals surface area contributed by atoms with Gasteiger partial charge in [0.2, 0.25) is 0 Å². The lowest BCUT2D eigenvalue weighted by atomic mass is 10.1. The van der Waals surface area contributed by atoms with E-state index in [9.17, 15) is 20.0 Å². The van der Waals surface area contributed by atoms with Gasteiger partial charge in [0.25, 0.3) is 5.91 Å².